The molecule has 2 nitrogen and oxygen atoms in total. The average Bonchev–Trinajstić information content (AvgIpc) is 3.19. The minimum Gasteiger partial charge on any atom is -1.00 e. The second-order valence-electron chi connectivity index (χ2n) is 10.1. The average molecular weight is 625 g/mol. The van der Waals surface area contributed by atoms with E-state index in [9.17, 15) is 0 Å². The van der Waals surface area contributed by atoms with E-state index in [1.165, 1.54) is 33.6 Å². The first-order valence-electron chi connectivity index (χ1n) is 11.8. The van der Waals surface area contributed by atoms with Gasteiger partial charge in [-0.3, -0.25) is 0 Å². The summed E-state index contributed by atoms with van der Waals surface area (Å²) < 4.78 is 11.3. The van der Waals surface area contributed by atoms with Gasteiger partial charge in [0, 0.05) is 0 Å². The fourth-order valence-corrected chi connectivity index (χ4v) is 7.98. The molecule has 1 saturated heterocycles. The Hall–Kier alpha value is -0.506. The predicted octanol–water partition coefficient (Wildman–Crippen LogP) is 4.30. The molecule has 5 heteroatoms. The number of nitrogens with zero attached hydrogens (tertiary/aromatic N) is 2. The van der Waals surface area contributed by atoms with Gasteiger partial charge in [-0.25, -0.2) is 0 Å². The maximum Gasteiger partial charge on any atom is -1.00 e. The van der Waals surface area contributed by atoms with Crippen molar-refractivity contribution in [2.24, 2.45) is 8.06 Å². The number of halogens is 2. The van der Waals surface area contributed by atoms with Crippen molar-refractivity contribution in [3.8, 4) is 0 Å². The van der Waals surface area contributed by atoms with E-state index in [1.54, 1.807) is 0 Å². The van der Waals surface area contributed by atoms with Gasteiger partial charge in [0.05, 0.1) is 0 Å². The van der Waals surface area contributed by atoms with Crippen LogP contribution >= 0.6 is 0 Å². The van der Waals surface area contributed by atoms with Crippen LogP contribution in [0.25, 0.3) is 0 Å². The normalized spacial score (nSPS) is 19.8. The van der Waals surface area contributed by atoms with E-state index in [0.717, 1.165) is 0 Å². The van der Waals surface area contributed by atoms with Crippen LogP contribution in [0.5, 0.6) is 0 Å². The van der Waals surface area contributed by atoms with Gasteiger partial charge in [-0.05, 0) is 0 Å². The Morgan fingerprint density at radius 3 is 0.970 bits per heavy atom. The van der Waals surface area contributed by atoms with E-state index in [2.05, 4.69) is 106 Å². The van der Waals surface area contributed by atoms with Gasteiger partial charge < -0.3 is 34.0 Å². The van der Waals surface area contributed by atoms with E-state index in [1.807, 2.05) is 0 Å². The van der Waals surface area contributed by atoms with E-state index in [4.69, 9.17) is 8.06 Å². The summed E-state index contributed by atoms with van der Waals surface area (Å²) in [6.07, 6.45) is 0. The van der Waals surface area contributed by atoms with Crippen molar-refractivity contribution in [1.29, 1.82) is 0 Å². The maximum absolute atomic E-state index is 5.63. The van der Waals surface area contributed by atoms with Crippen LogP contribution in [0.3, 0.4) is 0 Å². The van der Waals surface area contributed by atoms with Gasteiger partial charge in [0.25, 0.3) is 0 Å². The summed E-state index contributed by atoms with van der Waals surface area (Å²) in [5.74, 6) is 1.81. The smallest absolute Gasteiger partial charge is 1.00 e. The van der Waals surface area contributed by atoms with Crippen molar-refractivity contribution in [2.45, 2.75) is 103 Å². The summed E-state index contributed by atoms with van der Waals surface area (Å²) >= 11 is -1.61. The zero-order valence-corrected chi connectivity index (χ0v) is 26.1. The molecule has 0 saturated carbocycles. The summed E-state index contributed by atoms with van der Waals surface area (Å²) in [4.78, 5) is 1.06. The molecule has 0 amide bonds. The number of rotatable bonds is 6. The van der Waals surface area contributed by atoms with Gasteiger partial charge in [0.2, 0.25) is 0 Å². The van der Waals surface area contributed by atoms with E-state index < -0.39 is 12.0 Å². The van der Waals surface area contributed by atoms with Gasteiger partial charge in [-0.2, -0.15) is 0 Å². The van der Waals surface area contributed by atoms with Crippen LogP contribution in [0.4, 0.5) is 11.4 Å². The molecule has 0 aliphatic carbocycles. The topological polar surface area (TPSA) is 24.7 Å². The fourth-order valence-electron chi connectivity index (χ4n) is 4.13. The predicted molar refractivity (Wildman–Crippen MR) is 132 cm³/mol. The van der Waals surface area contributed by atoms with Crippen molar-refractivity contribution >= 4 is 11.4 Å². The molecule has 0 spiro atoms. The van der Waals surface area contributed by atoms with E-state index in [0.29, 0.717) is 33.4 Å². The molecular weight excluding hydrogens is 583 g/mol. The zero-order valence-electron chi connectivity index (χ0n) is 21.9. The van der Waals surface area contributed by atoms with Crippen molar-refractivity contribution < 1.29 is 46.0 Å². The monoisotopic (exact) mass is 622 g/mol. The Morgan fingerprint density at radius 1 is 0.545 bits per heavy atom. The van der Waals surface area contributed by atoms with Crippen LogP contribution in [0.1, 0.15) is 115 Å². The first kappa shape index (κ1) is 30.5. The molecule has 1 heterocycles. The van der Waals surface area contributed by atoms with Crippen LogP contribution in [0, 0.1) is 0 Å². The van der Waals surface area contributed by atoms with Crippen LogP contribution in [0.2, 0.25) is 9.78 Å². The molecule has 188 valence electrons. The molecule has 2 aromatic rings. The minimum absolute atomic E-state index is 0. The third-order valence-corrected chi connectivity index (χ3v) is 10.8. The van der Waals surface area contributed by atoms with E-state index >= 15 is 0 Å². The molecular formula is C28H42Br2N2Ni. The first-order chi connectivity index (χ1) is 14.5. The van der Waals surface area contributed by atoms with Gasteiger partial charge in [0.15, 0.2) is 0 Å². The molecule has 2 atom stereocenters. The molecule has 33 heavy (non-hydrogen) atoms. The Labute approximate surface area is 225 Å². The molecule has 0 N–H and O–H groups in total. The molecule has 2 unspecified atom stereocenters. The molecule has 0 radical (unpaired) electrons. The molecule has 3 rings (SSSR count). The SMILES string of the molecule is CC(C)c1cccc(C(C)C)c1[N]=[Ni+2]1(=[N]c2c(C(C)C)cccc2C(C)C)[CH](C)[CH]1C.[Br-].[Br-]. The van der Waals surface area contributed by atoms with Gasteiger partial charge >= 0.3 is 193 Å². The van der Waals surface area contributed by atoms with Gasteiger partial charge in [-0.15, -0.1) is 0 Å². The number of hydrogen-bond donors (Lipinski definition) is 0. The minimum atomic E-state index is -1.61. The number of hydrogen-bond acceptors (Lipinski definition) is 2. The molecule has 0 bridgehead atoms. The Kier molecular flexibility index (Phi) is 11.1. The Bertz CT molecular complexity index is 935. The second kappa shape index (κ2) is 12.0. The molecule has 1 aliphatic heterocycles. The Morgan fingerprint density at radius 2 is 0.788 bits per heavy atom. The summed E-state index contributed by atoms with van der Waals surface area (Å²) in [7, 11) is 0. The van der Waals surface area contributed by atoms with Crippen molar-refractivity contribution in [3.05, 3.63) is 58.7 Å². The third kappa shape index (κ3) is 6.01. The Balaban J connectivity index is 0.00000272. The summed E-state index contributed by atoms with van der Waals surface area (Å²) in [5, 5.41) is 0. The van der Waals surface area contributed by atoms with Crippen molar-refractivity contribution in [3.63, 3.8) is 0 Å². The van der Waals surface area contributed by atoms with Crippen LogP contribution in [0.15, 0.2) is 44.5 Å². The summed E-state index contributed by atoms with van der Waals surface area (Å²) in [6.45, 7) is 23.0. The largest absolute Gasteiger partial charge is 1.00 e. The van der Waals surface area contributed by atoms with Crippen molar-refractivity contribution in [1.82, 2.24) is 0 Å². The standard InChI is InChI=1S/2C12H17N.C4H8.2BrH.Ni/c2*1-8(2)10-6-5-7-11(9(3)4)12(10)13;1-3-4-2;;;/h2*5-9H,1-4H3;3-4H,1-2H3;2*1H;/q;;;;;+2/p-2. The zero-order chi connectivity index (χ0) is 23.1. The van der Waals surface area contributed by atoms with Gasteiger partial charge in [-0.1, -0.05) is 0 Å². The van der Waals surface area contributed by atoms with Crippen LogP contribution in [-0.2, 0) is 12.0 Å². The first-order valence-corrected chi connectivity index (χ1v) is 13.9. The van der Waals surface area contributed by atoms with Crippen LogP contribution < -0.4 is 34.0 Å². The summed E-state index contributed by atoms with van der Waals surface area (Å²) in [6, 6.07) is 13.5. The maximum atomic E-state index is 5.63. The third-order valence-electron chi connectivity index (χ3n) is 6.43. The van der Waals surface area contributed by atoms with Gasteiger partial charge in [0.1, 0.15) is 0 Å². The molecule has 2 aromatic carbocycles. The fraction of sp³-hybridized carbons (Fsp3) is 0.571. The second-order valence-corrected chi connectivity index (χ2v) is 13.9. The van der Waals surface area contributed by atoms with E-state index in [-0.39, 0.29) is 34.0 Å². The molecule has 1 aliphatic rings. The van der Waals surface area contributed by atoms with Crippen molar-refractivity contribution in [2.75, 3.05) is 0 Å². The molecule has 0 aromatic heterocycles. The molecule has 1 fully saturated rings. The number of benzene rings is 2. The quantitative estimate of drug-likeness (QED) is 0.429. The summed E-state index contributed by atoms with van der Waals surface area (Å²) in [5.41, 5.74) is 7.90. The van der Waals surface area contributed by atoms with Crippen LogP contribution in [-0.4, -0.2) is 0 Å².